The Morgan fingerprint density at radius 3 is 2.59 bits per heavy atom. The minimum absolute atomic E-state index is 0.763. The van der Waals surface area contributed by atoms with Gasteiger partial charge >= 0.3 is 0 Å². The lowest BCUT2D eigenvalue weighted by Gasteiger charge is -2.04. The molecule has 88 valence electrons. The molecule has 5 heteroatoms. The van der Waals surface area contributed by atoms with Crippen LogP contribution in [0.15, 0.2) is 34.6 Å². The molecule has 0 aromatic carbocycles. The maximum atomic E-state index is 4.46. The Labute approximate surface area is 105 Å². The Kier molecular flexibility index (Phi) is 3.58. The van der Waals surface area contributed by atoms with Crippen LogP contribution in [0.5, 0.6) is 0 Å². The van der Waals surface area contributed by atoms with E-state index in [4.69, 9.17) is 0 Å². The van der Waals surface area contributed by atoms with Gasteiger partial charge in [0.15, 0.2) is 0 Å². The molecule has 0 amide bonds. The maximum absolute atomic E-state index is 4.46. The summed E-state index contributed by atoms with van der Waals surface area (Å²) in [4.78, 5) is 13.0. The number of nitrogens with zero attached hydrogens (tertiary/aromatic N) is 3. The second-order valence-electron chi connectivity index (χ2n) is 3.72. The molecule has 0 unspecified atom stereocenters. The molecule has 0 aliphatic heterocycles. The van der Waals surface area contributed by atoms with E-state index in [1.807, 2.05) is 20.0 Å². The van der Waals surface area contributed by atoms with E-state index in [2.05, 4.69) is 33.3 Å². The van der Waals surface area contributed by atoms with Crippen molar-refractivity contribution >= 4 is 17.6 Å². The summed E-state index contributed by atoms with van der Waals surface area (Å²) in [6.07, 6.45) is 3.43. The van der Waals surface area contributed by atoms with Crippen LogP contribution in [0.2, 0.25) is 0 Å². The predicted octanol–water partition coefficient (Wildman–Crippen LogP) is 2.68. The molecule has 0 spiro atoms. The average molecular weight is 246 g/mol. The number of aryl methyl sites for hydroxylation is 2. The van der Waals surface area contributed by atoms with Gasteiger partial charge < -0.3 is 5.32 Å². The van der Waals surface area contributed by atoms with Gasteiger partial charge in [-0.05, 0) is 43.3 Å². The van der Waals surface area contributed by atoms with Crippen LogP contribution in [0.4, 0.5) is 5.82 Å². The number of rotatable bonds is 3. The highest BCUT2D eigenvalue weighted by atomic mass is 32.2. The van der Waals surface area contributed by atoms with Gasteiger partial charge in [0.1, 0.15) is 15.9 Å². The first kappa shape index (κ1) is 11.9. The molecule has 2 aromatic rings. The van der Waals surface area contributed by atoms with Gasteiger partial charge in [-0.1, -0.05) is 0 Å². The average Bonchev–Trinajstić information content (AvgIpc) is 2.28. The third-order valence-corrected chi connectivity index (χ3v) is 2.98. The molecule has 0 bridgehead atoms. The van der Waals surface area contributed by atoms with Gasteiger partial charge in [0.2, 0.25) is 0 Å². The number of pyridine rings is 1. The van der Waals surface area contributed by atoms with E-state index in [1.165, 1.54) is 17.3 Å². The molecule has 17 heavy (non-hydrogen) atoms. The monoisotopic (exact) mass is 246 g/mol. The highest BCUT2D eigenvalue weighted by molar-refractivity contribution is 7.99. The summed E-state index contributed by atoms with van der Waals surface area (Å²) in [6, 6.07) is 4.10. The van der Waals surface area contributed by atoms with E-state index in [1.54, 1.807) is 12.4 Å². The zero-order valence-electron chi connectivity index (χ0n) is 10.1. The van der Waals surface area contributed by atoms with Crippen molar-refractivity contribution in [2.75, 3.05) is 12.4 Å². The molecule has 1 N–H and O–H groups in total. The molecule has 0 saturated carbocycles. The highest BCUT2D eigenvalue weighted by Gasteiger charge is 2.03. The molecule has 0 atom stereocenters. The molecular formula is C12H14N4S. The van der Waals surface area contributed by atoms with Gasteiger partial charge in [0.05, 0.1) is 12.4 Å². The summed E-state index contributed by atoms with van der Waals surface area (Å²) < 4.78 is 0. The summed E-state index contributed by atoms with van der Waals surface area (Å²) in [5.41, 5.74) is 2.22. The van der Waals surface area contributed by atoms with Gasteiger partial charge in [0.25, 0.3) is 0 Å². The first-order chi connectivity index (χ1) is 8.17. The summed E-state index contributed by atoms with van der Waals surface area (Å²) in [5.74, 6) is 0.763. The Hall–Kier alpha value is -1.62. The molecular weight excluding hydrogens is 232 g/mol. The lowest BCUT2D eigenvalue weighted by Crippen LogP contribution is -1.94. The van der Waals surface area contributed by atoms with Crippen molar-refractivity contribution in [2.45, 2.75) is 23.9 Å². The molecule has 0 saturated heterocycles. The third kappa shape index (κ3) is 3.17. The Morgan fingerprint density at radius 1 is 1.06 bits per heavy atom. The fraction of sp³-hybridized carbons (Fsp3) is 0.250. The summed E-state index contributed by atoms with van der Waals surface area (Å²) in [5, 5.41) is 4.76. The zero-order valence-corrected chi connectivity index (χ0v) is 10.9. The number of hydrogen-bond donors (Lipinski definition) is 1. The van der Waals surface area contributed by atoms with Crippen molar-refractivity contribution in [2.24, 2.45) is 0 Å². The van der Waals surface area contributed by atoms with Gasteiger partial charge in [-0.2, -0.15) is 0 Å². The Bertz CT molecular complexity index is 507. The Balaban J connectivity index is 2.24. The van der Waals surface area contributed by atoms with Crippen LogP contribution in [0.25, 0.3) is 0 Å². The minimum atomic E-state index is 0.763. The molecule has 0 aliphatic rings. The van der Waals surface area contributed by atoms with E-state index in [9.17, 15) is 0 Å². The third-order valence-electron chi connectivity index (χ3n) is 2.15. The smallest absolute Gasteiger partial charge is 0.145 e. The Morgan fingerprint density at radius 2 is 1.88 bits per heavy atom. The molecule has 0 aliphatic carbocycles. The van der Waals surface area contributed by atoms with Crippen molar-refractivity contribution in [3.63, 3.8) is 0 Å². The van der Waals surface area contributed by atoms with Gasteiger partial charge in [-0.3, -0.25) is 4.98 Å². The van der Waals surface area contributed by atoms with Crippen molar-refractivity contribution < 1.29 is 0 Å². The summed E-state index contributed by atoms with van der Waals surface area (Å²) in [6.45, 7) is 4.06. The number of aromatic nitrogens is 3. The van der Waals surface area contributed by atoms with Crippen molar-refractivity contribution in [3.8, 4) is 0 Å². The minimum Gasteiger partial charge on any atom is -0.372 e. The van der Waals surface area contributed by atoms with Gasteiger partial charge in [-0.15, -0.1) is 0 Å². The number of nitrogens with one attached hydrogen (secondary N) is 1. The predicted molar refractivity (Wildman–Crippen MR) is 69.4 cm³/mol. The van der Waals surface area contributed by atoms with Crippen molar-refractivity contribution in [3.05, 3.63) is 35.8 Å². The van der Waals surface area contributed by atoms with Gasteiger partial charge in [-0.25, -0.2) is 9.97 Å². The molecule has 2 aromatic heterocycles. The SMILES string of the molecule is CNc1cncc(Sc2cc(C)cc(C)n2)n1. The summed E-state index contributed by atoms with van der Waals surface area (Å²) in [7, 11) is 1.83. The molecule has 2 heterocycles. The van der Waals surface area contributed by atoms with Crippen LogP contribution in [-0.2, 0) is 0 Å². The van der Waals surface area contributed by atoms with E-state index >= 15 is 0 Å². The fourth-order valence-electron chi connectivity index (χ4n) is 1.48. The number of anilines is 1. The van der Waals surface area contributed by atoms with Gasteiger partial charge in [0, 0.05) is 12.7 Å². The summed E-state index contributed by atoms with van der Waals surface area (Å²) >= 11 is 1.52. The first-order valence-corrected chi connectivity index (χ1v) is 6.12. The first-order valence-electron chi connectivity index (χ1n) is 5.30. The standard InChI is InChI=1S/C12H14N4S/c1-8-4-9(2)15-11(5-8)17-12-7-14-6-10(13-3)16-12/h4-7H,1-3H3,(H,13,16). The molecule has 0 fully saturated rings. The molecule has 4 nitrogen and oxygen atoms in total. The zero-order chi connectivity index (χ0) is 12.3. The highest BCUT2D eigenvalue weighted by Crippen LogP contribution is 2.25. The van der Waals surface area contributed by atoms with Crippen LogP contribution in [0, 0.1) is 13.8 Å². The van der Waals surface area contributed by atoms with Crippen LogP contribution in [0.1, 0.15) is 11.3 Å². The fourth-order valence-corrected chi connectivity index (χ4v) is 2.39. The van der Waals surface area contributed by atoms with Crippen molar-refractivity contribution in [1.82, 2.24) is 15.0 Å². The van der Waals surface area contributed by atoms with Crippen molar-refractivity contribution in [1.29, 1.82) is 0 Å². The molecule has 0 radical (unpaired) electrons. The number of hydrogen-bond acceptors (Lipinski definition) is 5. The van der Waals surface area contributed by atoms with E-state index in [0.29, 0.717) is 0 Å². The second-order valence-corrected chi connectivity index (χ2v) is 4.76. The van der Waals surface area contributed by atoms with Crippen LogP contribution in [-0.4, -0.2) is 22.0 Å². The lowest BCUT2D eigenvalue weighted by molar-refractivity contribution is 1.02. The normalized spacial score (nSPS) is 10.3. The quantitative estimate of drug-likeness (QED) is 0.902. The lowest BCUT2D eigenvalue weighted by atomic mass is 10.3. The molecule has 2 rings (SSSR count). The van der Waals surface area contributed by atoms with E-state index < -0.39 is 0 Å². The van der Waals surface area contributed by atoms with E-state index in [0.717, 1.165) is 21.6 Å². The van der Waals surface area contributed by atoms with Crippen LogP contribution < -0.4 is 5.32 Å². The largest absolute Gasteiger partial charge is 0.372 e. The van der Waals surface area contributed by atoms with Crippen LogP contribution in [0.3, 0.4) is 0 Å². The second kappa shape index (κ2) is 5.14. The van der Waals surface area contributed by atoms with E-state index in [-0.39, 0.29) is 0 Å². The topological polar surface area (TPSA) is 50.7 Å². The van der Waals surface area contributed by atoms with Crippen LogP contribution >= 0.6 is 11.8 Å². The maximum Gasteiger partial charge on any atom is 0.145 e.